The number of amides is 1. The lowest BCUT2D eigenvalue weighted by atomic mass is 10.1. The van der Waals surface area contributed by atoms with E-state index < -0.39 is 6.04 Å². The molecule has 0 bridgehead atoms. The fourth-order valence-electron chi connectivity index (χ4n) is 1.80. The van der Waals surface area contributed by atoms with Gasteiger partial charge in [-0.3, -0.25) is 4.79 Å². The molecule has 1 aliphatic heterocycles. The van der Waals surface area contributed by atoms with Crippen LogP contribution in [0.25, 0.3) is 0 Å². The molecule has 1 saturated heterocycles. The predicted molar refractivity (Wildman–Crippen MR) is 72.5 cm³/mol. The molecular weight excluding hydrogens is 244 g/mol. The van der Waals surface area contributed by atoms with Crippen LogP contribution in [0.15, 0.2) is 36.9 Å². The molecule has 2 rings (SSSR count). The maximum atomic E-state index is 11.7. The van der Waals surface area contributed by atoms with Gasteiger partial charge in [0.1, 0.15) is 0 Å². The van der Waals surface area contributed by atoms with Crippen molar-refractivity contribution in [2.75, 3.05) is 18.5 Å². The maximum absolute atomic E-state index is 11.7. The molecule has 102 valence electrons. The van der Waals surface area contributed by atoms with Crippen LogP contribution in [0.5, 0.6) is 0 Å². The van der Waals surface area contributed by atoms with Gasteiger partial charge < -0.3 is 20.5 Å². The van der Waals surface area contributed by atoms with Gasteiger partial charge in [0.15, 0.2) is 6.29 Å². The van der Waals surface area contributed by atoms with Gasteiger partial charge in [0.05, 0.1) is 19.3 Å². The predicted octanol–water partition coefficient (Wildman–Crippen LogP) is 1.57. The lowest BCUT2D eigenvalue weighted by Crippen LogP contribution is -2.35. The second kappa shape index (κ2) is 6.47. The lowest BCUT2D eigenvalue weighted by molar-refractivity contribution is -0.117. The van der Waals surface area contributed by atoms with Crippen LogP contribution in [0.2, 0.25) is 0 Å². The summed E-state index contributed by atoms with van der Waals surface area (Å²) in [6.45, 7) is 4.78. The smallest absolute Gasteiger partial charge is 0.241 e. The molecule has 5 nitrogen and oxygen atoms in total. The summed E-state index contributed by atoms with van der Waals surface area (Å²) in [5.74, 6) is -0.221. The zero-order chi connectivity index (χ0) is 13.7. The number of nitrogens with one attached hydrogen (secondary N) is 1. The topological polar surface area (TPSA) is 73.6 Å². The Balaban J connectivity index is 1.94. The van der Waals surface area contributed by atoms with Crippen molar-refractivity contribution in [3.63, 3.8) is 0 Å². The van der Waals surface area contributed by atoms with Crippen molar-refractivity contribution in [3.8, 4) is 0 Å². The number of anilines is 1. The van der Waals surface area contributed by atoms with Crippen LogP contribution in [0, 0.1) is 0 Å². The van der Waals surface area contributed by atoms with Crippen LogP contribution >= 0.6 is 0 Å². The molecule has 5 heteroatoms. The van der Waals surface area contributed by atoms with Crippen LogP contribution in [0.3, 0.4) is 0 Å². The van der Waals surface area contributed by atoms with Crippen molar-refractivity contribution in [3.05, 3.63) is 42.5 Å². The summed E-state index contributed by atoms with van der Waals surface area (Å²) < 4.78 is 10.8. The van der Waals surface area contributed by atoms with E-state index in [-0.39, 0.29) is 12.2 Å². The Morgan fingerprint density at radius 2 is 2.05 bits per heavy atom. The quantitative estimate of drug-likeness (QED) is 0.790. The fourth-order valence-corrected chi connectivity index (χ4v) is 1.80. The second-order valence-corrected chi connectivity index (χ2v) is 4.32. The van der Waals surface area contributed by atoms with Gasteiger partial charge in [-0.25, -0.2) is 0 Å². The Morgan fingerprint density at radius 1 is 1.42 bits per heavy atom. The molecule has 0 aromatic heterocycles. The van der Waals surface area contributed by atoms with Gasteiger partial charge in [-0.1, -0.05) is 18.2 Å². The molecule has 0 spiro atoms. The molecule has 3 N–H and O–H groups in total. The summed E-state index contributed by atoms with van der Waals surface area (Å²) in [6, 6.07) is 6.77. The van der Waals surface area contributed by atoms with Crippen molar-refractivity contribution < 1.29 is 14.3 Å². The molecule has 0 saturated carbocycles. The molecule has 1 atom stereocenters. The van der Waals surface area contributed by atoms with Crippen LogP contribution in [-0.2, 0) is 14.3 Å². The van der Waals surface area contributed by atoms with E-state index in [0.717, 1.165) is 5.56 Å². The number of ether oxygens (including phenoxy) is 2. The number of nitrogens with two attached hydrogens (primary N) is 1. The molecule has 1 aromatic carbocycles. The van der Waals surface area contributed by atoms with E-state index in [1.165, 1.54) is 0 Å². The van der Waals surface area contributed by atoms with Crippen molar-refractivity contribution in [1.29, 1.82) is 0 Å². The normalized spacial score (nSPS) is 17.1. The molecule has 1 aliphatic rings. The maximum Gasteiger partial charge on any atom is 0.241 e. The number of hydrogen-bond acceptors (Lipinski definition) is 4. The number of hydrogen-bond donors (Lipinski definition) is 2. The standard InChI is InChI=1S/C14H18N2O3/c1-2-3-12(15)13(17)16-11-6-4-10(5-7-11)14-18-8-9-19-14/h2,4-7,12,14H,1,3,8-9,15H2,(H,16,17). The molecule has 1 aromatic rings. The average molecular weight is 262 g/mol. The summed E-state index contributed by atoms with van der Waals surface area (Å²) >= 11 is 0. The van der Waals surface area contributed by atoms with Gasteiger partial charge in [-0.05, 0) is 18.6 Å². The van der Waals surface area contributed by atoms with Gasteiger partial charge in [0.2, 0.25) is 5.91 Å². The summed E-state index contributed by atoms with van der Waals surface area (Å²) in [6.07, 6.45) is 1.78. The fraction of sp³-hybridized carbons (Fsp3) is 0.357. The van der Waals surface area contributed by atoms with Crippen molar-refractivity contribution >= 4 is 11.6 Å². The van der Waals surface area contributed by atoms with E-state index in [0.29, 0.717) is 25.3 Å². The summed E-state index contributed by atoms with van der Waals surface area (Å²) in [5.41, 5.74) is 7.32. The van der Waals surface area contributed by atoms with Crippen molar-refractivity contribution in [1.82, 2.24) is 0 Å². The Hall–Kier alpha value is -1.69. The van der Waals surface area contributed by atoms with E-state index in [2.05, 4.69) is 11.9 Å². The highest BCUT2D eigenvalue weighted by atomic mass is 16.7. The van der Waals surface area contributed by atoms with Gasteiger partial charge >= 0.3 is 0 Å². The van der Waals surface area contributed by atoms with E-state index in [1.54, 1.807) is 18.2 Å². The first-order chi connectivity index (χ1) is 9.20. The zero-order valence-corrected chi connectivity index (χ0v) is 10.7. The van der Waals surface area contributed by atoms with Crippen molar-refractivity contribution in [2.45, 2.75) is 18.8 Å². The number of carbonyl (C=O) groups excluding carboxylic acids is 1. The van der Waals surface area contributed by atoms with E-state index in [9.17, 15) is 4.79 Å². The minimum Gasteiger partial charge on any atom is -0.346 e. The van der Waals surface area contributed by atoms with Gasteiger partial charge in [-0.15, -0.1) is 6.58 Å². The molecule has 0 aliphatic carbocycles. The Bertz CT molecular complexity index is 439. The molecule has 19 heavy (non-hydrogen) atoms. The zero-order valence-electron chi connectivity index (χ0n) is 10.7. The first-order valence-corrected chi connectivity index (χ1v) is 6.21. The van der Waals surface area contributed by atoms with E-state index in [4.69, 9.17) is 15.2 Å². The molecular formula is C14H18N2O3. The van der Waals surface area contributed by atoms with Crippen LogP contribution in [0.4, 0.5) is 5.69 Å². The highest BCUT2D eigenvalue weighted by Crippen LogP contribution is 2.24. The third-order valence-corrected chi connectivity index (χ3v) is 2.83. The Labute approximate surface area is 112 Å². The lowest BCUT2D eigenvalue weighted by Gasteiger charge is -2.12. The minimum absolute atomic E-state index is 0.221. The molecule has 1 heterocycles. The molecule has 1 amide bonds. The van der Waals surface area contributed by atoms with Gasteiger partial charge in [-0.2, -0.15) is 0 Å². The highest BCUT2D eigenvalue weighted by Gasteiger charge is 2.18. The molecule has 1 unspecified atom stereocenters. The van der Waals surface area contributed by atoms with Gasteiger partial charge in [0, 0.05) is 11.3 Å². The van der Waals surface area contributed by atoms with Crippen molar-refractivity contribution in [2.24, 2.45) is 5.73 Å². The average Bonchev–Trinajstić information content (AvgIpc) is 2.94. The Kier molecular flexibility index (Phi) is 4.68. The Morgan fingerprint density at radius 3 is 2.63 bits per heavy atom. The molecule has 1 fully saturated rings. The minimum atomic E-state index is -0.571. The number of benzene rings is 1. The van der Waals surface area contributed by atoms with Gasteiger partial charge in [0.25, 0.3) is 0 Å². The number of rotatable bonds is 5. The SMILES string of the molecule is C=CCC(N)C(=O)Nc1ccc(C2OCCO2)cc1. The largest absolute Gasteiger partial charge is 0.346 e. The third-order valence-electron chi connectivity index (χ3n) is 2.83. The number of carbonyl (C=O) groups is 1. The summed E-state index contributed by atoms with van der Waals surface area (Å²) in [5, 5.41) is 2.75. The highest BCUT2D eigenvalue weighted by molar-refractivity contribution is 5.94. The first kappa shape index (κ1) is 13.7. The monoisotopic (exact) mass is 262 g/mol. The summed E-state index contributed by atoms with van der Waals surface area (Å²) in [4.78, 5) is 11.7. The van der Waals surface area contributed by atoms with Crippen LogP contribution < -0.4 is 11.1 Å². The second-order valence-electron chi connectivity index (χ2n) is 4.32. The van der Waals surface area contributed by atoms with E-state index >= 15 is 0 Å². The van der Waals surface area contributed by atoms with E-state index in [1.807, 2.05) is 12.1 Å². The van der Waals surface area contributed by atoms with Crippen LogP contribution in [0.1, 0.15) is 18.3 Å². The first-order valence-electron chi connectivity index (χ1n) is 6.21. The summed E-state index contributed by atoms with van der Waals surface area (Å²) in [7, 11) is 0. The molecule has 0 radical (unpaired) electrons. The third kappa shape index (κ3) is 3.64. The van der Waals surface area contributed by atoms with Crippen LogP contribution in [-0.4, -0.2) is 25.2 Å².